The first kappa shape index (κ1) is 14.8. The zero-order valence-electron chi connectivity index (χ0n) is 11.1. The molecular formula is C15H21BrFNO. The van der Waals surface area contributed by atoms with E-state index in [-0.39, 0.29) is 5.82 Å². The molecule has 0 aliphatic heterocycles. The summed E-state index contributed by atoms with van der Waals surface area (Å²) < 4.78 is 19.2. The molecule has 0 aromatic heterocycles. The summed E-state index contributed by atoms with van der Waals surface area (Å²) in [6, 6.07) is 4.85. The fourth-order valence-corrected chi connectivity index (χ4v) is 2.75. The Morgan fingerprint density at radius 2 is 2.05 bits per heavy atom. The van der Waals surface area contributed by atoms with Crippen molar-refractivity contribution in [2.24, 2.45) is 5.92 Å². The van der Waals surface area contributed by atoms with Gasteiger partial charge in [0.15, 0.2) is 0 Å². The second-order valence-electron chi connectivity index (χ2n) is 5.13. The highest BCUT2D eigenvalue weighted by molar-refractivity contribution is 9.10. The molecule has 4 heteroatoms. The van der Waals surface area contributed by atoms with Crippen LogP contribution >= 0.6 is 15.9 Å². The highest BCUT2D eigenvalue weighted by atomic mass is 79.9. The van der Waals surface area contributed by atoms with Gasteiger partial charge in [-0.05, 0) is 53.4 Å². The Bertz CT molecular complexity index is 394. The van der Waals surface area contributed by atoms with Gasteiger partial charge in [0.25, 0.3) is 0 Å². The lowest BCUT2D eigenvalue weighted by Crippen LogP contribution is -2.28. The molecule has 19 heavy (non-hydrogen) atoms. The van der Waals surface area contributed by atoms with Gasteiger partial charge in [-0.25, -0.2) is 4.39 Å². The van der Waals surface area contributed by atoms with E-state index in [0.29, 0.717) is 16.8 Å². The smallest absolute Gasteiger partial charge is 0.141 e. The minimum Gasteiger partial charge on any atom is -0.492 e. The van der Waals surface area contributed by atoms with E-state index in [9.17, 15) is 4.39 Å². The van der Waals surface area contributed by atoms with Gasteiger partial charge < -0.3 is 10.1 Å². The van der Waals surface area contributed by atoms with Crippen LogP contribution in [0.5, 0.6) is 5.75 Å². The van der Waals surface area contributed by atoms with Crippen molar-refractivity contribution < 1.29 is 9.13 Å². The van der Waals surface area contributed by atoms with Gasteiger partial charge in [0.05, 0.1) is 4.47 Å². The third-order valence-corrected chi connectivity index (χ3v) is 4.24. The van der Waals surface area contributed by atoms with Gasteiger partial charge >= 0.3 is 0 Å². The standard InChI is InChI=1S/C15H21BrFNO/c16-14-7-6-13(10-15(14)17)19-9-8-18-11-12-4-2-1-3-5-12/h6-7,10,12,18H,1-5,8-9,11H2. The van der Waals surface area contributed by atoms with E-state index in [1.54, 1.807) is 12.1 Å². The molecule has 0 radical (unpaired) electrons. The van der Waals surface area contributed by atoms with E-state index in [4.69, 9.17) is 4.74 Å². The summed E-state index contributed by atoms with van der Waals surface area (Å²) in [5.41, 5.74) is 0. The fraction of sp³-hybridized carbons (Fsp3) is 0.600. The Labute approximate surface area is 122 Å². The van der Waals surface area contributed by atoms with Crippen LogP contribution in [-0.4, -0.2) is 19.7 Å². The lowest BCUT2D eigenvalue weighted by Gasteiger charge is -2.21. The van der Waals surface area contributed by atoms with Crippen LogP contribution < -0.4 is 10.1 Å². The largest absolute Gasteiger partial charge is 0.492 e. The molecule has 1 aliphatic rings. The maximum absolute atomic E-state index is 13.3. The summed E-state index contributed by atoms with van der Waals surface area (Å²) in [4.78, 5) is 0. The maximum atomic E-state index is 13.3. The number of halogens is 2. The zero-order valence-corrected chi connectivity index (χ0v) is 12.7. The summed E-state index contributed by atoms with van der Waals surface area (Å²) in [7, 11) is 0. The molecule has 0 unspecified atom stereocenters. The normalized spacial score (nSPS) is 16.5. The van der Waals surface area contributed by atoms with Crippen molar-refractivity contribution in [3.63, 3.8) is 0 Å². The molecule has 0 heterocycles. The third-order valence-electron chi connectivity index (χ3n) is 3.60. The predicted octanol–water partition coefficient (Wildman–Crippen LogP) is 4.14. The number of nitrogens with one attached hydrogen (secondary N) is 1. The Hall–Kier alpha value is -0.610. The van der Waals surface area contributed by atoms with Crippen molar-refractivity contribution >= 4 is 15.9 Å². The third kappa shape index (κ3) is 5.11. The van der Waals surface area contributed by atoms with Crippen LogP contribution in [0.15, 0.2) is 22.7 Å². The van der Waals surface area contributed by atoms with Crippen molar-refractivity contribution in [3.05, 3.63) is 28.5 Å². The molecule has 1 aliphatic carbocycles. The molecule has 0 saturated heterocycles. The molecule has 0 atom stereocenters. The molecule has 2 nitrogen and oxygen atoms in total. The van der Waals surface area contributed by atoms with Crippen molar-refractivity contribution in [2.45, 2.75) is 32.1 Å². The second kappa shape index (κ2) is 7.85. The van der Waals surface area contributed by atoms with E-state index in [2.05, 4.69) is 21.2 Å². The molecule has 2 rings (SSSR count). The lowest BCUT2D eigenvalue weighted by molar-refractivity contribution is 0.293. The highest BCUT2D eigenvalue weighted by Gasteiger charge is 2.12. The molecule has 1 saturated carbocycles. The van der Waals surface area contributed by atoms with Crippen molar-refractivity contribution in [3.8, 4) is 5.75 Å². The average molecular weight is 330 g/mol. The van der Waals surface area contributed by atoms with Crippen LogP contribution in [0.1, 0.15) is 32.1 Å². The summed E-state index contributed by atoms with van der Waals surface area (Å²) in [5.74, 6) is 1.13. The van der Waals surface area contributed by atoms with Gasteiger partial charge in [0.1, 0.15) is 18.2 Å². The van der Waals surface area contributed by atoms with Gasteiger partial charge in [-0.1, -0.05) is 19.3 Å². The highest BCUT2D eigenvalue weighted by Crippen LogP contribution is 2.23. The molecule has 0 amide bonds. The van der Waals surface area contributed by atoms with Crippen LogP contribution in [0.3, 0.4) is 0 Å². The van der Waals surface area contributed by atoms with Crippen LogP contribution in [0.4, 0.5) is 4.39 Å². The van der Waals surface area contributed by atoms with Crippen molar-refractivity contribution in [1.29, 1.82) is 0 Å². The Morgan fingerprint density at radius 3 is 2.79 bits per heavy atom. The van der Waals surface area contributed by atoms with E-state index in [0.717, 1.165) is 19.0 Å². The van der Waals surface area contributed by atoms with Gasteiger partial charge in [0, 0.05) is 12.6 Å². The quantitative estimate of drug-likeness (QED) is 0.792. The average Bonchev–Trinajstić information content (AvgIpc) is 2.43. The molecule has 1 N–H and O–H groups in total. The minimum absolute atomic E-state index is 0.285. The van der Waals surface area contributed by atoms with Gasteiger partial charge in [0.2, 0.25) is 0 Å². The molecule has 0 spiro atoms. The first-order chi connectivity index (χ1) is 9.25. The first-order valence-electron chi connectivity index (χ1n) is 7.04. The van der Waals surface area contributed by atoms with E-state index in [1.807, 2.05) is 0 Å². The van der Waals surface area contributed by atoms with Crippen LogP contribution in [0, 0.1) is 11.7 Å². The predicted molar refractivity (Wildman–Crippen MR) is 79.0 cm³/mol. The summed E-state index contributed by atoms with van der Waals surface area (Å²) >= 11 is 3.12. The van der Waals surface area contributed by atoms with E-state index in [1.165, 1.54) is 38.2 Å². The monoisotopic (exact) mass is 329 g/mol. The topological polar surface area (TPSA) is 21.3 Å². The molecule has 1 aromatic rings. The fourth-order valence-electron chi connectivity index (χ4n) is 2.51. The molecular weight excluding hydrogens is 309 g/mol. The van der Waals surface area contributed by atoms with Crippen LogP contribution in [0.2, 0.25) is 0 Å². The Morgan fingerprint density at radius 1 is 1.26 bits per heavy atom. The molecule has 0 bridgehead atoms. The maximum Gasteiger partial charge on any atom is 0.141 e. The number of benzene rings is 1. The van der Waals surface area contributed by atoms with Crippen LogP contribution in [-0.2, 0) is 0 Å². The second-order valence-corrected chi connectivity index (χ2v) is 5.99. The van der Waals surface area contributed by atoms with E-state index < -0.39 is 0 Å². The minimum atomic E-state index is -0.285. The van der Waals surface area contributed by atoms with Gasteiger partial charge in [-0.15, -0.1) is 0 Å². The number of hydrogen-bond donors (Lipinski definition) is 1. The van der Waals surface area contributed by atoms with Crippen molar-refractivity contribution in [1.82, 2.24) is 5.32 Å². The number of hydrogen-bond acceptors (Lipinski definition) is 2. The Kier molecular flexibility index (Phi) is 6.11. The zero-order chi connectivity index (χ0) is 13.5. The summed E-state index contributed by atoms with van der Waals surface area (Å²) in [6.07, 6.45) is 6.86. The number of ether oxygens (including phenoxy) is 1. The van der Waals surface area contributed by atoms with Gasteiger partial charge in [-0.3, -0.25) is 0 Å². The van der Waals surface area contributed by atoms with Crippen molar-refractivity contribution in [2.75, 3.05) is 19.7 Å². The molecule has 1 aromatic carbocycles. The summed E-state index contributed by atoms with van der Waals surface area (Å²) in [6.45, 7) is 2.47. The van der Waals surface area contributed by atoms with E-state index >= 15 is 0 Å². The Balaban J connectivity index is 1.59. The SMILES string of the molecule is Fc1cc(OCCNCC2CCCCC2)ccc1Br. The molecule has 106 valence electrons. The first-order valence-corrected chi connectivity index (χ1v) is 7.83. The van der Waals surface area contributed by atoms with Crippen LogP contribution in [0.25, 0.3) is 0 Å². The van der Waals surface area contributed by atoms with Gasteiger partial charge in [-0.2, -0.15) is 0 Å². The summed E-state index contributed by atoms with van der Waals surface area (Å²) in [5, 5.41) is 3.42. The molecule has 1 fully saturated rings. The number of rotatable bonds is 6. The lowest BCUT2D eigenvalue weighted by atomic mass is 9.89.